The monoisotopic (exact) mass is 348 g/mol. The van der Waals surface area contributed by atoms with Crippen LogP contribution >= 0.6 is 22.7 Å². The zero-order chi connectivity index (χ0) is 16.1. The minimum Gasteiger partial charge on any atom is -0.348 e. The molecule has 0 spiro atoms. The first-order valence-electron chi connectivity index (χ1n) is 8.46. The fraction of sp³-hybridized carbons (Fsp3) is 0.556. The molecule has 23 heavy (non-hydrogen) atoms. The van der Waals surface area contributed by atoms with Crippen LogP contribution in [0.3, 0.4) is 0 Å². The molecule has 0 saturated heterocycles. The van der Waals surface area contributed by atoms with E-state index in [1.54, 1.807) is 22.7 Å². The normalized spacial score (nSPS) is 17.1. The molecule has 0 aliphatic heterocycles. The summed E-state index contributed by atoms with van der Waals surface area (Å²) < 4.78 is 0. The van der Waals surface area contributed by atoms with Gasteiger partial charge in [-0.05, 0) is 43.6 Å². The van der Waals surface area contributed by atoms with Gasteiger partial charge in [0.1, 0.15) is 0 Å². The van der Waals surface area contributed by atoms with Crippen LogP contribution in [0.2, 0.25) is 0 Å². The third kappa shape index (κ3) is 4.42. The average Bonchev–Trinajstić information content (AvgIpc) is 3.23. The van der Waals surface area contributed by atoms with E-state index < -0.39 is 0 Å². The molecular weight excluding hydrogens is 324 g/mol. The summed E-state index contributed by atoms with van der Waals surface area (Å²) in [5.41, 5.74) is 2.92. The number of thiazole rings is 1. The number of aryl methyl sites for hydroxylation is 2. The Morgan fingerprint density at radius 2 is 2.17 bits per heavy atom. The lowest BCUT2D eigenvalue weighted by atomic mass is 9.83. The molecule has 1 atom stereocenters. The van der Waals surface area contributed by atoms with Crippen molar-refractivity contribution >= 4 is 28.6 Å². The number of aromatic nitrogens is 1. The van der Waals surface area contributed by atoms with Gasteiger partial charge in [0.2, 0.25) is 5.91 Å². The van der Waals surface area contributed by atoms with Crippen molar-refractivity contribution < 1.29 is 4.79 Å². The van der Waals surface area contributed by atoms with Gasteiger partial charge in [0.15, 0.2) is 0 Å². The number of nitrogens with one attached hydrogen (secondary N) is 1. The Morgan fingerprint density at radius 3 is 2.83 bits per heavy atom. The van der Waals surface area contributed by atoms with E-state index in [9.17, 15) is 4.79 Å². The standard InChI is InChI=1S/C18H24N2OS2/c1-13-15(23-12-19-13)9-10-17(21)20-18(16-8-5-11-22-16)14-6-3-2-4-7-14/h5,8,11-12,14,18H,2-4,6-7,9-10H2,1H3,(H,20,21)/t18-/m1/s1. The summed E-state index contributed by atoms with van der Waals surface area (Å²) in [5, 5.41) is 5.44. The third-order valence-electron chi connectivity index (χ3n) is 4.71. The maximum Gasteiger partial charge on any atom is 0.220 e. The van der Waals surface area contributed by atoms with Crippen molar-refractivity contribution in [2.24, 2.45) is 5.92 Å². The zero-order valence-electron chi connectivity index (χ0n) is 13.6. The van der Waals surface area contributed by atoms with Crippen LogP contribution in [-0.4, -0.2) is 10.9 Å². The number of amides is 1. The molecular formula is C18H24N2OS2. The first-order chi connectivity index (χ1) is 11.2. The van der Waals surface area contributed by atoms with Crippen LogP contribution in [-0.2, 0) is 11.2 Å². The largest absolute Gasteiger partial charge is 0.348 e. The van der Waals surface area contributed by atoms with Crippen LogP contribution in [0.1, 0.15) is 60.0 Å². The molecule has 3 rings (SSSR count). The van der Waals surface area contributed by atoms with Gasteiger partial charge >= 0.3 is 0 Å². The molecule has 0 aromatic carbocycles. The minimum absolute atomic E-state index is 0.168. The average molecular weight is 349 g/mol. The second kappa shape index (κ2) is 8.06. The predicted molar refractivity (Wildman–Crippen MR) is 96.9 cm³/mol. The van der Waals surface area contributed by atoms with Gasteiger partial charge in [0, 0.05) is 16.2 Å². The van der Waals surface area contributed by atoms with Gasteiger partial charge in [-0.25, -0.2) is 4.98 Å². The van der Waals surface area contributed by atoms with Gasteiger partial charge in [-0.15, -0.1) is 22.7 Å². The molecule has 3 nitrogen and oxygen atoms in total. The lowest BCUT2D eigenvalue weighted by Gasteiger charge is -2.30. The number of hydrogen-bond acceptors (Lipinski definition) is 4. The highest BCUT2D eigenvalue weighted by molar-refractivity contribution is 7.10. The number of thiophene rings is 1. The van der Waals surface area contributed by atoms with E-state index in [4.69, 9.17) is 0 Å². The number of carbonyl (C=O) groups excluding carboxylic acids is 1. The van der Waals surface area contributed by atoms with Crippen molar-refractivity contribution in [2.75, 3.05) is 0 Å². The molecule has 1 saturated carbocycles. The molecule has 5 heteroatoms. The molecule has 0 unspecified atom stereocenters. The fourth-order valence-corrected chi connectivity index (χ4v) is 5.05. The van der Waals surface area contributed by atoms with Crippen LogP contribution < -0.4 is 5.32 Å². The van der Waals surface area contributed by atoms with E-state index in [1.807, 2.05) is 12.4 Å². The number of hydrogen-bond donors (Lipinski definition) is 1. The smallest absolute Gasteiger partial charge is 0.220 e. The molecule has 1 amide bonds. The van der Waals surface area contributed by atoms with E-state index in [1.165, 1.54) is 41.9 Å². The van der Waals surface area contributed by atoms with Crippen molar-refractivity contribution in [1.82, 2.24) is 10.3 Å². The van der Waals surface area contributed by atoms with Crippen molar-refractivity contribution in [3.05, 3.63) is 38.5 Å². The molecule has 1 N–H and O–H groups in total. The highest BCUT2D eigenvalue weighted by atomic mass is 32.1. The van der Waals surface area contributed by atoms with Crippen molar-refractivity contribution in [1.29, 1.82) is 0 Å². The quantitative estimate of drug-likeness (QED) is 0.808. The van der Waals surface area contributed by atoms with Crippen LogP contribution in [0.15, 0.2) is 23.0 Å². The molecule has 2 aromatic heterocycles. The van der Waals surface area contributed by atoms with E-state index in [0.29, 0.717) is 12.3 Å². The first-order valence-corrected chi connectivity index (χ1v) is 10.2. The van der Waals surface area contributed by atoms with Gasteiger partial charge in [-0.3, -0.25) is 4.79 Å². The van der Waals surface area contributed by atoms with Gasteiger partial charge in [-0.2, -0.15) is 0 Å². The summed E-state index contributed by atoms with van der Waals surface area (Å²) in [4.78, 5) is 19.3. The molecule has 0 bridgehead atoms. The van der Waals surface area contributed by atoms with Crippen LogP contribution in [0.25, 0.3) is 0 Å². The summed E-state index contributed by atoms with van der Waals surface area (Å²) >= 11 is 3.41. The minimum atomic E-state index is 0.168. The lowest BCUT2D eigenvalue weighted by molar-refractivity contribution is -0.122. The maximum atomic E-state index is 12.5. The van der Waals surface area contributed by atoms with Gasteiger partial charge in [0.05, 0.1) is 17.2 Å². The van der Waals surface area contributed by atoms with Gasteiger partial charge in [-0.1, -0.05) is 25.3 Å². The summed E-state index contributed by atoms with van der Waals surface area (Å²) in [6.45, 7) is 2.01. The molecule has 2 aromatic rings. The summed E-state index contributed by atoms with van der Waals surface area (Å²) in [5.74, 6) is 0.762. The Bertz CT molecular complexity index is 615. The van der Waals surface area contributed by atoms with Crippen molar-refractivity contribution in [3.8, 4) is 0 Å². The molecule has 124 valence electrons. The zero-order valence-corrected chi connectivity index (χ0v) is 15.2. The first kappa shape index (κ1) is 16.7. The Balaban J connectivity index is 1.61. The van der Waals surface area contributed by atoms with Crippen LogP contribution in [0, 0.1) is 12.8 Å². The highest BCUT2D eigenvalue weighted by Crippen LogP contribution is 2.36. The number of carbonyl (C=O) groups is 1. The predicted octanol–water partition coefficient (Wildman–Crippen LogP) is 4.88. The fourth-order valence-electron chi connectivity index (χ4n) is 3.40. The maximum absolute atomic E-state index is 12.5. The van der Waals surface area contributed by atoms with E-state index in [0.717, 1.165) is 12.1 Å². The number of nitrogens with zero attached hydrogens (tertiary/aromatic N) is 1. The highest BCUT2D eigenvalue weighted by Gasteiger charge is 2.27. The van der Waals surface area contributed by atoms with Gasteiger partial charge < -0.3 is 5.32 Å². The lowest BCUT2D eigenvalue weighted by Crippen LogP contribution is -2.34. The van der Waals surface area contributed by atoms with Crippen molar-refractivity contribution in [2.45, 2.75) is 57.9 Å². The Labute approximate surface area is 146 Å². The molecule has 1 fully saturated rings. The van der Waals surface area contributed by atoms with Gasteiger partial charge in [0.25, 0.3) is 0 Å². The Morgan fingerprint density at radius 1 is 1.35 bits per heavy atom. The van der Waals surface area contributed by atoms with Crippen LogP contribution in [0.5, 0.6) is 0 Å². The second-order valence-electron chi connectivity index (χ2n) is 6.32. The van der Waals surface area contributed by atoms with E-state index in [2.05, 4.69) is 27.8 Å². The molecule has 0 radical (unpaired) electrons. The SMILES string of the molecule is Cc1ncsc1CCC(=O)N[C@@H](c1cccs1)C1CCCCC1. The Kier molecular flexibility index (Phi) is 5.84. The van der Waals surface area contributed by atoms with E-state index >= 15 is 0 Å². The molecule has 2 heterocycles. The summed E-state index contributed by atoms with van der Waals surface area (Å²) in [6.07, 6.45) is 7.74. The summed E-state index contributed by atoms with van der Waals surface area (Å²) in [6, 6.07) is 4.45. The number of rotatable bonds is 6. The molecule has 1 aliphatic carbocycles. The second-order valence-corrected chi connectivity index (χ2v) is 8.24. The molecule has 1 aliphatic rings. The third-order valence-corrected chi connectivity index (χ3v) is 6.66. The van der Waals surface area contributed by atoms with Crippen LogP contribution in [0.4, 0.5) is 0 Å². The Hall–Kier alpha value is -1.20. The van der Waals surface area contributed by atoms with Crippen molar-refractivity contribution in [3.63, 3.8) is 0 Å². The van der Waals surface area contributed by atoms with E-state index in [-0.39, 0.29) is 11.9 Å². The topological polar surface area (TPSA) is 42.0 Å². The summed E-state index contributed by atoms with van der Waals surface area (Å²) in [7, 11) is 0.